The van der Waals surface area contributed by atoms with Gasteiger partial charge >= 0.3 is 12.0 Å². The third kappa shape index (κ3) is 7.89. The van der Waals surface area contributed by atoms with Gasteiger partial charge in [-0.3, -0.25) is 0 Å². The molecule has 0 spiro atoms. The predicted molar refractivity (Wildman–Crippen MR) is 69.8 cm³/mol. The van der Waals surface area contributed by atoms with E-state index in [-0.39, 0.29) is 12.6 Å². The van der Waals surface area contributed by atoms with Crippen molar-refractivity contribution in [3.05, 3.63) is 0 Å². The summed E-state index contributed by atoms with van der Waals surface area (Å²) < 4.78 is 5.27. The van der Waals surface area contributed by atoms with Gasteiger partial charge in [-0.25, -0.2) is 9.59 Å². The maximum absolute atomic E-state index is 11.9. The minimum Gasteiger partial charge on any atom is -0.458 e. The molecule has 0 aromatic heterocycles. The van der Waals surface area contributed by atoms with Crippen LogP contribution >= 0.6 is 0 Å². The number of carbonyl (C=O) groups excluding carboxylic acids is 2. The van der Waals surface area contributed by atoms with Crippen LogP contribution in [0.3, 0.4) is 0 Å². The third-order valence-corrected chi connectivity index (χ3v) is 1.97. The van der Waals surface area contributed by atoms with Gasteiger partial charge in [-0.15, -0.1) is 0 Å². The van der Waals surface area contributed by atoms with Gasteiger partial charge in [-0.1, -0.05) is 13.8 Å². The lowest BCUT2D eigenvalue weighted by Gasteiger charge is -2.25. The molecule has 18 heavy (non-hydrogen) atoms. The smallest absolute Gasteiger partial charge is 0.329 e. The Labute approximate surface area is 109 Å². The summed E-state index contributed by atoms with van der Waals surface area (Å²) in [6.07, 6.45) is 0.521. The maximum Gasteiger partial charge on any atom is 0.329 e. The number of urea groups is 1. The normalized spacial score (nSPS) is 13.1. The van der Waals surface area contributed by atoms with E-state index in [0.717, 1.165) is 0 Å². The average molecular weight is 259 g/mol. The monoisotopic (exact) mass is 259 g/mol. The minimum absolute atomic E-state index is 0.0224. The lowest BCUT2D eigenvalue weighted by molar-refractivity contribution is -0.157. The van der Waals surface area contributed by atoms with Crippen molar-refractivity contribution < 1.29 is 14.3 Å². The number of rotatable bonds is 5. The number of hydrogen-bond donors (Lipinski definition) is 3. The van der Waals surface area contributed by atoms with E-state index in [1.165, 1.54) is 0 Å². The molecular weight excluding hydrogens is 234 g/mol. The molecule has 0 aliphatic carbocycles. The Kier molecular flexibility index (Phi) is 6.68. The van der Waals surface area contributed by atoms with Crippen LogP contribution in [0.1, 0.15) is 41.0 Å². The van der Waals surface area contributed by atoms with Gasteiger partial charge < -0.3 is 21.1 Å². The highest BCUT2D eigenvalue weighted by Crippen LogP contribution is 2.12. The number of ether oxygens (including phenoxy) is 1. The number of esters is 1. The molecule has 1 atom stereocenters. The first-order valence-corrected chi connectivity index (χ1v) is 6.13. The number of nitrogens with one attached hydrogen (secondary N) is 2. The molecule has 0 fully saturated rings. The summed E-state index contributed by atoms with van der Waals surface area (Å²) in [4.78, 5) is 23.3. The lowest BCUT2D eigenvalue weighted by atomic mass is 10.0. The molecule has 0 heterocycles. The van der Waals surface area contributed by atoms with Crippen molar-refractivity contribution in [3.63, 3.8) is 0 Å². The topological polar surface area (TPSA) is 93.5 Å². The van der Waals surface area contributed by atoms with Crippen LogP contribution in [0.15, 0.2) is 0 Å². The van der Waals surface area contributed by atoms with Crippen LogP contribution in [0.4, 0.5) is 4.79 Å². The van der Waals surface area contributed by atoms with Gasteiger partial charge in [0.25, 0.3) is 0 Å². The fraction of sp³-hybridized carbons (Fsp3) is 0.833. The molecule has 0 aromatic rings. The first kappa shape index (κ1) is 16.7. The summed E-state index contributed by atoms with van der Waals surface area (Å²) in [5.74, 6) is -0.163. The van der Waals surface area contributed by atoms with E-state index < -0.39 is 23.6 Å². The van der Waals surface area contributed by atoms with Gasteiger partial charge in [0.2, 0.25) is 0 Å². The third-order valence-electron chi connectivity index (χ3n) is 1.97. The van der Waals surface area contributed by atoms with Gasteiger partial charge in [0.1, 0.15) is 11.6 Å². The van der Waals surface area contributed by atoms with E-state index >= 15 is 0 Å². The zero-order chi connectivity index (χ0) is 14.3. The molecular formula is C12H25N3O3. The van der Waals surface area contributed by atoms with Crippen molar-refractivity contribution in [2.45, 2.75) is 52.7 Å². The summed E-state index contributed by atoms with van der Waals surface area (Å²) in [5.41, 5.74) is 4.63. The fourth-order valence-electron chi connectivity index (χ4n) is 1.36. The second kappa shape index (κ2) is 7.20. The molecule has 0 rings (SSSR count). The van der Waals surface area contributed by atoms with Gasteiger partial charge in [0, 0.05) is 0 Å². The predicted octanol–water partition coefficient (Wildman–Crippen LogP) is 0.958. The highest BCUT2D eigenvalue weighted by atomic mass is 16.6. The van der Waals surface area contributed by atoms with Crippen LogP contribution < -0.4 is 16.4 Å². The average Bonchev–Trinajstić information content (AvgIpc) is 2.13. The molecule has 0 aliphatic heterocycles. The van der Waals surface area contributed by atoms with E-state index in [9.17, 15) is 9.59 Å². The van der Waals surface area contributed by atoms with Crippen LogP contribution in [-0.2, 0) is 9.53 Å². The Morgan fingerprint density at radius 2 is 1.83 bits per heavy atom. The van der Waals surface area contributed by atoms with E-state index in [4.69, 9.17) is 10.5 Å². The van der Waals surface area contributed by atoms with Crippen molar-refractivity contribution in [3.8, 4) is 0 Å². The molecule has 1 unspecified atom stereocenters. The number of hydrogen-bond acceptors (Lipinski definition) is 4. The summed E-state index contributed by atoms with van der Waals surface area (Å²) in [6, 6.07) is -1.12. The standard InChI is InChI=1S/C12H25N3O3/c1-8(2)6-9(15-11(17)14-7-13)10(16)18-12(3,4)5/h8-9H,6-7,13H2,1-5H3,(H2,14,15,17). The van der Waals surface area contributed by atoms with E-state index in [1.807, 2.05) is 13.8 Å². The second-order valence-electron chi connectivity index (χ2n) is 5.57. The second-order valence-corrected chi connectivity index (χ2v) is 5.57. The van der Waals surface area contributed by atoms with Crippen molar-refractivity contribution in [1.82, 2.24) is 10.6 Å². The molecule has 0 saturated heterocycles. The lowest BCUT2D eigenvalue weighted by Crippen LogP contribution is -2.49. The Balaban J connectivity index is 4.57. The van der Waals surface area contributed by atoms with E-state index in [0.29, 0.717) is 6.42 Å². The number of carbonyl (C=O) groups is 2. The zero-order valence-electron chi connectivity index (χ0n) is 11.9. The van der Waals surface area contributed by atoms with Crippen LogP contribution in [0, 0.1) is 5.92 Å². The molecule has 6 nitrogen and oxygen atoms in total. The van der Waals surface area contributed by atoms with E-state index in [1.54, 1.807) is 20.8 Å². The first-order chi connectivity index (χ1) is 8.15. The Bertz CT molecular complexity index is 285. The zero-order valence-corrected chi connectivity index (χ0v) is 11.9. The summed E-state index contributed by atoms with van der Waals surface area (Å²) in [7, 11) is 0. The first-order valence-electron chi connectivity index (χ1n) is 6.13. The molecule has 0 saturated carbocycles. The number of amides is 2. The maximum atomic E-state index is 11.9. The Morgan fingerprint density at radius 1 is 1.28 bits per heavy atom. The Morgan fingerprint density at radius 3 is 2.22 bits per heavy atom. The van der Waals surface area contributed by atoms with Crippen LogP contribution in [0.25, 0.3) is 0 Å². The minimum atomic E-state index is -0.657. The molecule has 0 radical (unpaired) electrons. The van der Waals surface area contributed by atoms with Gasteiger partial charge in [0.15, 0.2) is 0 Å². The van der Waals surface area contributed by atoms with Crippen molar-refractivity contribution in [2.24, 2.45) is 11.7 Å². The SMILES string of the molecule is CC(C)CC(NC(=O)NCN)C(=O)OC(C)(C)C. The van der Waals surface area contributed by atoms with Crippen molar-refractivity contribution in [2.75, 3.05) is 6.67 Å². The molecule has 0 aromatic carbocycles. The molecule has 0 aliphatic rings. The highest BCUT2D eigenvalue weighted by Gasteiger charge is 2.27. The molecule has 2 amide bonds. The largest absolute Gasteiger partial charge is 0.458 e. The fourth-order valence-corrected chi connectivity index (χ4v) is 1.36. The molecule has 4 N–H and O–H groups in total. The summed E-state index contributed by atoms with van der Waals surface area (Å²) in [5, 5.41) is 4.95. The van der Waals surface area contributed by atoms with Gasteiger partial charge in [-0.05, 0) is 33.1 Å². The van der Waals surface area contributed by atoms with Gasteiger partial charge in [0.05, 0.1) is 6.67 Å². The summed E-state index contributed by atoms with van der Waals surface area (Å²) in [6.45, 7) is 9.33. The van der Waals surface area contributed by atoms with Crippen molar-refractivity contribution >= 4 is 12.0 Å². The van der Waals surface area contributed by atoms with Crippen molar-refractivity contribution in [1.29, 1.82) is 0 Å². The number of nitrogens with two attached hydrogens (primary N) is 1. The summed E-state index contributed by atoms with van der Waals surface area (Å²) >= 11 is 0. The molecule has 106 valence electrons. The van der Waals surface area contributed by atoms with Crippen LogP contribution in [-0.4, -0.2) is 30.3 Å². The van der Waals surface area contributed by atoms with E-state index in [2.05, 4.69) is 10.6 Å². The quantitative estimate of drug-likeness (QED) is 0.506. The Hall–Kier alpha value is -1.30. The van der Waals surface area contributed by atoms with Gasteiger partial charge in [-0.2, -0.15) is 0 Å². The van der Waals surface area contributed by atoms with Crippen LogP contribution in [0.2, 0.25) is 0 Å². The highest BCUT2D eigenvalue weighted by molar-refractivity contribution is 5.83. The molecule has 6 heteroatoms. The van der Waals surface area contributed by atoms with Crippen LogP contribution in [0.5, 0.6) is 0 Å². The molecule has 0 bridgehead atoms.